The third-order valence-corrected chi connectivity index (χ3v) is 0.442. The van der Waals surface area contributed by atoms with Crippen LogP contribution in [0.2, 0.25) is 0 Å². The summed E-state index contributed by atoms with van der Waals surface area (Å²) >= 11 is 3.15. The van der Waals surface area contributed by atoms with Gasteiger partial charge in [0.2, 0.25) is 0 Å². The van der Waals surface area contributed by atoms with Crippen molar-refractivity contribution in [2.24, 2.45) is 0 Å². The van der Waals surface area contributed by atoms with Crippen LogP contribution in [0.5, 0.6) is 0 Å². The van der Waals surface area contributed by atoms with Crippen LogP contribution >= 0.6 is 12.6 Å². The molecule has 0 aromatic carbocycles. The molecule has 0 spiro atoms. The summed E-state index contributed by atoms with van der Waals surface area (Å²) in [7, 11) is 0. The lowest BCUT2D eigenvalue weighted by Crippen LogP contribution is -2.10. The molecule has 0 aliphatic heterocycles. The Labute approximate surface area is 40.0 Å². The van der Waals surface area contributed by atoms with Gasteiger partial charge in [0.1, 0.15) is 0 Å². The summed E-state index contributed by atoms with van der Waals surface area (Å²) < 4.78 is 0. The molecule has 0 fully saturated rings. The lowest BCUT2D eigenvalue weighted by Gasteiger charge is -1.88. The van der Waals surface area contributed by atoms with Crippen molar-refractivity contribution in [1.29, 1.82) is 0 Å². The van der Waals surface area contributed by atoms with Gasteiger partial charge in [0.05, 0.1) is 0 Å². The lowest BCUT2D eigenvalue weighted by atomic mass is 10.7. The molecule has 0 bridgehead atoms. The zero-order valence-electron chi connectivity index (χ0n) is 2.83. The number of aliphatic hydroxyl groups excluding tert-OH is 1. The smallest absolute Gasteiger partial charge is 0.342 e. The number of thiol groups is 1. The molecule has 0 radical (unpaired) electrons. The standard InChI is InChI=1S/C2H4O3S/c3-1(4)2(5)6/h2,5-6H,(H,3,4). The Balaban J connectivity index is 3.26. The fraction of sp³-hybridized carbons (Fsp3) is 0.500. The quantitative estimate of drug-likeness (QED) is 0.308. The van der Waals surface area contributed by atoms with Gasteiger partial charge in [-0.1, -0.05) is 0 Å². The van der Waals surface area contributed by atoms with Crippen LogP contribution in [-0.4, -0.2) is 21.6 Å². The van der Waals surface area contributed by atoms with Crippen molar-refractivity contribution in [3.05, 3.63) is 0 Å². The first-order valence-electron chi connectivity index (χ1n) is 1.23. The highest BCUT2D eigenvalue weighted by Gasteiger charge is 2.02. The summed E-state index contributed by atoms with van der Waals surface area (Å²) in [6.07, 6.45) is 0. The molecule has 0 aliphatic rings. The topological polar surface area (TPSA) is 57.5 Å². The maximum absolute atomic E-state index is 9.37. The number of carbonyl (C=O) groups is 1. The van der Waals surface area contributed by atoms with E-state index in [0.29, 0.717) is 0 Å². The molecule has 0 aromatic heterocycles. The average molecular weight is 108 g/mol. The van der Waals surface area contributed by atoms with E-state index in [2.05, 4.69) is 12.6 Å². The van der Waals surface area contributed by atoms with Gasteiger partial charge >= 0.3 is 5.97 Å². The minimum atomic E-state index is -1.54. The molecule has 2 N–H and O–H groups in total. The SMILES string of the molecule is O=C(O)C(O)S. The highest BCUT2D eigenvalue weighted by molar-refractivity contribution is 7.81. The summed E-state index contributed by atoms with van der Waals surface area (Å²) in [5, 5.41) is 15.6. The second-order valence-electron chi connectivity index (χ2n) is 0.712. The first-order valence-corrected chi connectivity index (χ1v) is 1.75. The molecule has 0 aliphatic carbocycles. The lowest BCUT2D eigenvalue weighted by molar-refractivity contribution is -0.141. The number of rotatable bonds is 1. The van der Waals surface area contributed by atoms with Crippen molar-refractivity contribution in [2.45, 2.75) is 5.44 Å². The zero-order valence-corrected chi connectivity index (χ0v) is 3.72. The molecule has 0 heterocycles. The van der Waals surface area contributed by atoms with E-state index in [1.165, 1.54) is 0 Å². The van der Waals surface area contributed by atoms with E-state index in [1.54, 1.807) is 0 Å². The van der Waals surface area contributed by atoms with Crippen molar-refractivity contribution >= 4 is 18.6 Å². The van der Waals surface area contributed by atoms with Crippen molar-refractivity contribution in [3.8, 4) is 0 Å². The minimum absolute atomic E-state index is 1.32. The minimum Gasteiger partial charge on any atom is -0.479 e. The van der Waals surface area contributed by atoms with E-state index in [9.17, 15) is 4.79 Å². The van der Waals surface area contributed by atoms with Crippen LogP contribution in [0.3, 0.4) is 0 Å². The van der Waals surface area contributed by atoms with Gasteiger partial charge in [0.15, 0.2) is 5.44 Å². The summed E-state index contributed by atoms with van der Waals surface area (Å²) in [5.41, 5.74) is -1.54. The van der Waals surface area contributed by atoms with Gasteiger partial charge in [-0.2, -0.15) is 0 Å². The predicted molar refractivity (Wildman–Crippen MR) is 22.6 cm³/mol. The van der Waals surface area contributed by atoms with Gasteiger partial charge < -0.3 is 10.2 Å². The molecule has 36 valence electrons. The second kappa shape index (κ2) is 2.04. The summed E-state index contributed by atoms with van der Waals surface area (Å²) in [6, 6.07) is 0. The summed E-state index contributed by atoms with van der Waals surface area (Å²) in [5.74, 6) is -1.32. The van der Waals surface area contributed by atoms with Gasteiger partial charge in [-0.15, -0.1) is 12.6 Å². The Bertz CT molecular complexity index is 59.8. The molecule has 1 atom stereocenters. The van der Waals surface area contributed by atoms with E-state index >= 15 is 0 Å². The van der Waals surface area contributed by atoms with Crippen molar-refractivity contribution in [3.63, 3.8) is 0 Å². The number of hydrogen-bond acceptors (Lipinski definition) is 3. The van der Waals surface area contributed by atoms with Crippen LogP contribution in [0.4, 0.5) is 0 Å². The van der Waals surface area contributed by atoms with Gasteiger partial charge in [-0.25, -0.2) is 4.79 Å². The number of carboxylic acids is 1. The van der Waals surface area contributed by atoms with Crippen molar-refractivity contribution in [2.75, 3.05) is 0 Å². The molecule has 1 unspecified atom stereocenters. The molecule has 4 heteroatoms. The molecule has 0 saturated heterocycles. The number of hydrogen-bond donors (Lipinski definition) is 3. The molecule has 0 amide bonds. The fourth-order valence-electron chi connectivity index (χ4n) is 0. The summed E-state index contributed by atoms with van der Waals surface area (Å²) in [4.78, 5) is 9.37. The first-order chi connectivity index (χ1) is 2.64. The monoisotopic (exact) mass is 108 g/mol. The Kier molecular flexibility index (Phi) is 1.97. The van der Waals surface area contributed by atoms with Gasteiger partial charge in [-0.05, 0) is 0 Å². The van der Waals surface area contributed by atoms with E-state index in [0.717, 1.165) is 0 Å². The highest BCUT2D eigenvalue weighted by Crippen LogP contribution is 1.83. The van der Waals surface area contributed by atoms with Gasteiger partial charge in [0.25, 0.3) is 0 Å². The Morgan fingerprint density at radius 2 is 2.00 bits per heavy atom. The molecule has 6 heavy (non-hydrogen) atoms. The zero-order chi connectivity index (χ0) is 5.15. The van der Waals surface area contributed by atoms with Crippen LogP contribution in [0.1, 0.15) is 0 Å². The first kappa shape index (κ1) is 5.78. The Hall–Kier alpha value is -0.220. The van der Waals surface area contributed by atoms with Crippen molar-refractivity contribution < 1.29 is 15.0 Å². The van der Waals surface area contributed by atoms with Crippen LogP contribution in [-0.2, 0) is 4.79 Å². The number of carboxylic acid groups (broad SMARTS) is 1. The van der Waals surface area contributed by atoms with Crippen LogP contribution in [0, 0.1) is 0 Å². The maximum Gasteiger partial charge on any atom is 0.342 e. The second-order valence-corrected chi connectivity index (χ2v) is 1.20. The van der Waals surface area contributed by atoms with Crippen molar-refractivity contribution in [1.82, 2.24) is 0 Å². The maximum atomic E-state index is 9.37. The molecule has 0 saturated carbocycles. The molecule has 3 nitrogen and oxygen atoms in total. The predicted octanol–water partition coefficient (Wildman–Crippen LogP) is -0.681. The van der Waals surface area contributed by atoms with Crippen LogP contribution in [0.15, 0.2) is 0 Å². The largest absolute Gasteiger partial charge is 0.479 e. The Morgan fingerprint density at radius 3 is 2.00 bits per heavy atom. The molecule has 0 aromatic rings. The fourth-order valence-corrected chi connectivity index (χ4v) is 0. The van der Waals surface area contributed by atoms with E-state index in [1.807, 2.05) is 0 Å². The van der Waals surface area contributed by atoms with E-state index < -0.39 is 11.4 Å². The van der Waals surface area contributed by atoms with E-state index in [-0.39, 0.29) is 0 Å². The number of aliphatic hydroxyl groups is 1. The average Bonchev–Trinajstić information content (AvgIpc) is 1.36. The van der Waals surface area contributed by atoms with Gasteiger partial charge in [0, 0.05) is 0 Å². The Morgan fingerprint density at radius 1 is 1.83 bits per heavy atom. The van der Waals surface area contributed by atoms with E-state index in [4.69, 9.17) is 10.2 Å². The highest BCUT2D eigenvalue weighted by atomic mass is 32.1. The normalized spacial score (nSPS) is 13.7. The summed E-state index contributed by atoms with van der Waals surface area (Å²) in [6.45, 7) is 0. The van der Waals surface area contributed by atoms with Crippen LogP contribution in [0.25, 0.3) is 0 Å². The third-order valence-electron chi connectivity index (χ3n) is 0.221. The third kappa shape index (κ3) is 2.04. The number of aliphatic carboxylic acids is 1. The molecular weight excluding hydrogens is 104 g/mol. The van der Waals surface area contributed by atoms with Gasteiger partial charge in [-0.3, -0.25) is 0 Å². The molecular formula is C2H4O3S. The molecule has 0 rings (SSSR count). The van der Waals surface area contributed by atoms with Crippen LogP contribution < -0.4 is 0 Å².